The number of anilines is 1. The van der Waals surface area contributed by atoms with E-state index in [2.05, 4.69) is 37.9 Å². The molecule has 0 aliphatic heterocycles. The predicted octanol–water partition coefficient (Wildman–Crippen LogP) is 2.99. The number of halogens is 2. The molecule has 0 radical (unpaired) electrons. The van der Waals surface area contributed by atoms with Crippen LogP contribution in [0.5, 0.6) is 0 Å². The summed E-state index contributed by atoms with van der Waals surface area (Å²) in [5, 5.41) is 2.86. The molecule has 0 bridgehead atoms. The average molecular weight is 360 g/mol. The number of carbonyl (C=O) groups is 1. The van der Waals surface area contributed by atoms with Crippen LogP contribution in [0.1, 0.15) is 10.4 Å². The van der Waals surface area contributed by atoms with E-state index in [4.69, 9.17) is 11.6 Å². The molecule has 6 heteroatoms. The van der Waals surface area contributed by atoms with Crippen LogP contribution in [-0.2, 0) is 0 Å². The maximum absolute atomic E-state index is 11.8. The van der Waals surface area contributed by atoms with Gasteiger partial charge in [0.15, 0.2) is 5.82 Å². The van der Waals surface area contributed by atoms with Gasteiger partial charge in [-0.25, -0.2) is 4.98 Å². The van der Waals surface area contributed by atoms with Gasteiger partial charge in [0, 0.05) is 9.13 Å². The fourth-order valence-corrected chi connectivity index (χ4v) is 1.70. The highest BCUT2D eigenvalue weighted by atomic mass is 127. The number of rotatable bonds is 2. The van der Waals surface area contributed by atoms with Crippen LogP contribution in [0.15, 0.2) is 36.7 Å². The van der Waals surface area contributed by atoms with E-state index < -0.39 is 0 Å². The largest absolute Gasteiger partial charge is 0.305 e. The van der Waals surface area contributed by atoms with Crippen LogP contribution in [0.4, 0.5) is 5.82 Å². The van der Waals surface area contributed by atoms with E-state index in [1.165, 1.54) is 12.4 Å². The van der Waals surface area contributed by atoms with Gasteiger partial charge in [-0.1, -0.05) is 11.6 Å². The van der Waals surface area contributed by atoms with Gasteiger partial charge in [0.1, 0.15) is 5.15 Å². The molecule has 86 valence electrons. The van der Waals surface area contributed by atoms with E-state index in [0.717, 1.165) is 3.57 Å². The van der Waals surface area contributed by atoms with E-state index in [-0.39, 0.29) is 11.1 Å². The molecule has 2 aromatic rings. The Balaban J connectivity index is 2.14. The summed E-state index contributed by atoms with van der Waals surface area (Å²) in [5.74, 6) is 0.0963. The molecule has 0 saturated heterocycles. The summed E-state index contributed by atoms with van der Waals surface area (Å²) < 4.78 is 1.07. The fraction of sp³-hybridized carbons (Fsp3) is 0. The van der Waals surface area contributed by atoms with Crippen molar-refractivity contribution in [1.82, 2.24) is 9.97 Å². The minimum Gasteiger partial charge on any atom is -0.305 e. The molecule has 0 aliphatic carbocycles. The SMILES string of the molecule is O=C(Nc1cncc(Cl)n1)c1ccc(I)cc1. The second kappa shape index (κ2) is 5.42. The van der Waals surface area contributed by atoms with Crippen LogP contribution in [-0.4, -0.2) is 15.9 Å². The van der Waals surface area contributed by atoms with Crippen molar-refractivity contribution in [2.45, 2.75) is 0 Å². The number of carbonyl (C=O) groups excluding carboxylic acids is 1. The first kappa shape index (κ1) is 12.3. The van der Waals surface area contributed by atoms with Crippen molar-refractivity contribution in [1.29, 1.82) is 0 Å². The van der Waals surface area contributed by atoms with E-state index in [1.54, 1.807) is 12.1 Å². The summed E-state index contributed by atoms with van der Waals surface area (Å²) in [6, 6.07) is 7.21. The van der Waals surface area contributed by atoms with Crippen molar-refractivity contribution in [3.8, 4) is 0 Å². The zero-order chi connectivity index (χ0) is 12.3. The lowest BCUT2D eigenvalue weighted by atomic mass is 10.2. The Kier molecular flexibility index (Phi) is 3.90. The Bertz CT molecular complexity index is 545. The molecule has 0 spiro atoms. The maximum atomic E-state index is 11.8. The molecule has 1 aromatic carbocycles. The van der Waals surface area contributed by atoms with Gasteiger partial charge in [-0.3, -0.25) is 9.78 Å². The van der Waals surface area contributed by atoms with Crippen molar-refractivity contribution in [3.05, 3.63) is 50.9 Å². The molecule has 17 heavy (non-hydrogen) atoms. The van der Waals surface area contributed by atoms with E-state index in [9.17, 15) is 4.79 Å². The molecule has 2 rings (SSSR count). The molecular formula is C11H7ClIN3O. The third kappa shape index (κ3) is 3.37. The summed E-state index contributed by atoms with van der Waals surface area (Å²) in [6.07, 6.45) is 2.85. The van der Waals surface area contributed by atoms with Crippen molar-refractivity contribution in [2.24, 2.45) is 0 Å². The minimum absolute atomic E-state index is 0.238. The first-order valence-corrected chi connectivity index (χ1v) is 6.15. The molecule has 1 heterocycles. The van der Waals surface area contributed by atoms with E-state index in [0.29, 0.717) is 11.4 Å². The zero-order valence-corrected chi connectivity index (χ0v) is 11.4. The van der Waals surface area contributed by atoms with Crippen LogP contribution in [0.3, 0.4) is 0 Å². The van der Waals surface area contributed by atoms with E-state index in [1.807, 2.05) is 12.1 Å². The van der Waals surface area contributed by atoms with Crippen molar-refractivity contribution in [2.75, 3.05) is 5.32 Å². The highest BCUT2D eigenvalue weighted by Crippen LogP contribution is 2.10. The third-order valence-corrected chi connectivity index (χ3v) is 2.85. The number of amides is 1. The van der Waals surface area contributed by atoms with Crippen molar-refractivity contribution >= 4 is 45.9 Å². The second-order valence-electron chi connectivity index (χ2n) is 3.19. The third-order valence-electron chi connectivity index (χ3n) is 1.95. The Morgan fingerprint density at radius 2 is 1.94 bits per heavy atom. The first-order chi connectivity index (χ1) is 8.15. The molecule has 1 N–H and O–H groups in total. The van der Waals surface area contributed by atoms with Crippen molar-refractivity contribution < 1.29 is 4.79 Å². The van der Waals surface area contributed by atoms with E-state index >= 15 is 0 Å². The Labute approximate surface area is 117 Å². The fourth-order valence-electron chi connectivity index (χ4n) is 1.19. The van der Waals surface area contributed by atoms with Crippen LogP contribution in [0.2, 0.25) is 5.15 Å². The predicted molar refractivity (Wildman–Crippen MR) is 74.2 cm³/mol. The van der Waals surface area contributed by atoms with Crippen molar-refractivity contribution in [3.63, 3.8) is 0 Å². The number of nitrogens with one attached hydrogen (secondary N) is 1. The standard InChI is InChI=1S/C11H7ClIN3O/c12-9-5-14-6-10(15-9)16-11(17)7-1-3-8(13)4-2-7/h1-6H,(H,15,16,17). The topological polar surface area (TPSA) is 54.9 Å². The summed E-state index contributed by atoms with van der Waals surface area (Å²) in [4.78, 5) is 19.6. The number of hydrogen-bond donors (Lipinski definition) is 1. The molecule has 0 unspecified atom stereocenters. The first-order valence-electron chi connectivity index (χ1n) is 4.69. The normalized spacial score (nSPS) is 10.0. The number of benzene rings is 1. The van der Waals surface area contributed by atoms with Gasteiger partial charge < -0.3 is 5.32 Å². The molecular weight excluding hydrogens is 352 g/mol. The van der Waals surface area contributed by atoms with Gasteiger partial charge in [-0.15, -0.1) is 0 Å². The van der Waals surface area contributed by atoms with Gasteiger partial charge in [0.05, 0.1) is 12.4 Å². The summed E-state index contributed by atoms with van der Waals surface area (Å²) in [5.41, 5.74) is 0.562. The smallest absolute Gasteiger partial charge is 0.256 e. The molecule has 0 fully saturated rings. The minimum atomic E-state index is -0.238. The van der Waals surface area contributed by atoms with Gasteiger partial charge in [0.25, 0.3) is 5.91 Å². The van der Waals surface area contributed by atoms with Gasteiger partial charge in [-0.2, -0.15) is 0 Å². The quantitative estimate of drug-likeness (QED) is 0.839. The Hall–Kier alpha value is -1.21. The van der Waals surface area contributed by atoms with Crippen LogP contribution in [0, 0.1) is 3.57 Å². The molecule has 4 nitrogen and oxygen atoms in total. The number of nitrogens with zero attached hydrogens (tertiary/aromatic N) is 2. The lowest BCUT2D eigenvalue weighted by Crippen LogP contribution is -2.13. The molecule has 0 saturated carbocycles. The lowest BCUT2D eigenvalue weighted by molar-refractivity contribution is 0.102. The van der Waals surface area contributed by atoms with Gasteiger partial charge >= 0.3 is 0 Å². The van der Waals surface area contributed by atoms with Crippen LogP contribution < -0.4 is 5.32 Å². The lowest BCUT2D eigenvalue weighted by Gasteiger charge is -2.04. The summed E-state index contributed by atoms with van der Waals surface area (Å²) in [7, 11) is 0. The maximum Gasteiger partial charge on any atom is 0.256 e. The Morgan fingerprint density at radius 1 is 1.24 bits per heavy atom. The van der Waals surface area contributed by atoms with Gasteiger partial charge in [-0.05, 0) is 46.9 Å². The Morgan fingerprint density at radius 3 is 2.59 bits per heavy atom. The van der Waals surface area contributed by atoms with Crippen LogP contribution >= 0.6 is 34.2 Å². The molecule has 1 amide bonds. The molecule has 0 atom stereocenters. The highest BCUT2D eigenvalue weighted by Gasteiger charge is 2.06. The summed E-state index contributed by atoms with van der Waals surface area (Å²) >= 11 is 7.85. The number of aromatic nitrogens is 2. The monoisotopic (exact) mass is 359 g/mol. The molecule has 1 aromatic heterocycles. The summed E-state index contributed by atoms with van der Waals surface area (Å²) in [6.45, 7) is 0. The highest BCUT2D eigenvalue weighted by molar-refractivity contribution is 14.1. The van der Waals surface area contributed by atoms with Crippen LogP contribution in [0.25, 0.3) is 0 Å². The van der Waals surface area contributed by atoms with Gasteiger partial charge in [0.2, 0.25) is 0 Å². The average Bonchev–Trinajstić information content (AvgIpc) is 2.29. The molecule has 0 aliphatic rings. The number of hydrogen-bond acceptors (Lipinski definition) is 3. The zero-order valence-electron chi connectivity index (χ0n) is 8.52. The second-order valence-corrected chi connectivity index (χ2v) is 4.82.